The van der Waals surface area contributed by atoms with Crippen molar-refractivity contribution in [3.63, 3.8) is 0 Å². The van der Waals surface area contributed by atoms with E-state index in [1.165, 1.54) is 6.08 Å². The van der Waals surface area contributed by atoms with Crippen molar-refractivity contribution in [2.45, 2.75) is 13.8 Å². The molecule has 0 N–H and O–H groups in total. The molecule has 0 radical (unpaired) electrons. The van der Waals surface area contributed by atoms with Crippen molar-refractivity contribution in [1.82, 2.24) is 0 Å². The molecule has 0 aromatic carbocycles. The van der Waals surface area contributed by atoms with Gasteiger partial charge < -0.3 is 13.5 Å². The molecule has 0 bridgehead atoms. The number of rotatable bonds is 7. The minimum atomic E-state index is -3.52. The maximum absolute atomic E-state index is 12.3. The van der Waals surface area contributed by atoms with Crippen molar-refractivity contribution in [1.29, 1.82) is 5.26 Å². The lowest BCUT2D eigenvalue weighted by Crippen LogP contribution is -1.97. The van der Waals surface area contributed by atoms with Gasteiger partial charge in [-0.25, -0.2) is 0 Å². The van der Waals surface area contributed by atoms with Gasteiger partial charge in [0, 0.05) is 0 Å². The van der Waals surface area contributed by atoms with Crippen molar-refractivity contribution < 1.29 is 18.0 Å². The molecule has 1 rings (SSSR count). The molecule has 0 saturated heterocycles. The van der Waals surface area contributed by atoms with Gasteiger partial charge in [0.1, 0.15) is 17.1 Å². The van der Waals surface area contributed by atoms with Crippen molar-refractivity contribution >= 4 is 13.7 Å². The lowest BCUT2D eigenvalue weighted by atomic mass is 10.4. The Kier molecular flexibility index (Phi) is 6.31. The molecule has 102 valence electrons. The Labute approximate surface area is 112 Å². The van der Waals surface area contributed by atoms with Gasteiger partial charge in [-0.2, -0.15) is 5.26 Å². The lowest BCUT2D eigenvalue weighted by molar-refractivity contribution is 0.227. The maximum Gasteiger partial charge on any atom is 0.371 e. The first-order valence-corrected chi connectivity index (χ1v) is 7.42. The normalized spacial score (nSPS) is 12.8. The van der Waals surface area contributed by atoms with E-state index in [1.54, 1.807) is 44.4 Å². The summed E-state index contributed by atoms with van der Waals surface area (Å²) in [5, 5.41) is 9.04. The molecule has 0 spiro atoms. The average molecular weight is 281 g/mol. The monoisotopic (exact) mass is 281 g/mol. The van der Waals surface area contributed by atoms with E-state index >= 15 is 0 Å². The van der Waals surface area contributed by atoms with Crippen LogP contribution in [0.2, 0.25) is 0 Å². The summed E-state index contributed by atoms with van der Waals surface area (Å²) < 4.78 is 27.6. The molecule has 6 heteroatoms. The quantitative estimate of drug-likeness (QED) is 0.429. The van der Waals surface area contributed by atoms with Gasteiger partial charge in [-0.15, -0.1) is 0 Å². The van der Waals surface area contributed by atoms with E-state index in [-0.39, 0.29) is 18.5 Å². The second kappa shape index (κ2) is 7.75. The minimum Gasteiger partial charge on any atom is -0.465 e. The Balaban J connectivity index is 2.91. The second-order valence-electron chi connectivity index (χ2n) is 3.37. The van der Waals surface area contributed by atoms with Crippen LogP contribution in [0.25, 0.3) is 6.08 Å². The fraction of sp³-hybridized carbons (Fsp3) is 0.308. The zero-order valence-electron chi connectivity index (χ0n) is 10.9. The first kappa shape index (κ1) is 15.5. The summed E-state index contributed by atoms with van der Waals surface area (Å²) in [5.74, 6) is 0.635. The smallest absolute Gasteiger partial charge is 0.371 e. The summed E-state index contributed by atoms with van der Waals surface area (Å²) in [6.07, 6.45) is 6.18. The number of allylic oxidation sites excluding steroid dienone is 3. The molecule has 0 unspecified atom stereocenters. The van der Waals surface area contributed by atoms with Crippen molar-refractivity contribution in [3.8, 4) is 6.07 Å². The van der Waals surface area contributed by atoms with Crippen LogP contribution in [0.5, 0.6) is 0 Å². The third-order valence-corrected chi connectivity index (χ3v) is 4.10. The first-order valence-electron chi connectivity index (χ1n) is 5.88. The van der Waals surface area contributed by atoms with Gasteiger partial charge in [0.15, 0.2) is 0 Å². The summed E-state index contributed by atoms with van der Waals surface area (Å²) in [4.78, 5) is 0. The van der Waals surface area contributed by atoms with E-state index in [4.69, 9.17) is 18.7 Å². The summed E-state index contributed by atoms with van der Waals surface area (Å²) in [5.41, 5.74) is 0. The molecule has 0 aliphatic heterocycles. The number of hydrogen-bond acceptors (Lipinski definition) is 5. The molecule has 0 aliphatic rings. The highest BCUT2D eigenvalue weighted by molar-refractivity contribution is 7.58. The lowest BCUT2D eigenvalue weighted by Gasteiger charge is -2.15. The molecule has 1 aromatic rings. The van der Waals surface area contributed by atoms with E-state index in [2.05, 4.69) is 0 Å². The van der Waals surface area contributed by atoms with Gasteiger partial charge in [0.25, 0.3) is 0 Å². The predicted octanol–water partition coefficient (Wildman–Crippen LogP) is 3.97. The zero-order chi connectivity index (χ0) is 14.1. The number of furan rings is 1. The third kappa shape index (κ3) is 4.53. The molecular weight excluding hydrogens is 265 g/mol. The van der Waals surface area contributed by atoms with Crippen LogP contribution in [0.1, 0.15) is 19.6 Å². The SMILES string of the molecule is CCOP(=O)(OCC)/C(C#N)=C/C=C\c1ccco1. The molecule has 5 nitrogen and oxygen atoms in total. The van der Waals surface area contributed by atoms with Gasteiger partial charge in [0.2, 0.25) is 0 Å². The Morgan fingerprint density at radius 3 is 2.63 bits per heavy atom. The van der Waals surface area contributed by atoms with Crippen LogP contribution in [0.15, 0.2) is 40.3 Å². The Morgan fingerprint density at radius 2 is 2.16 bits per heavy atom. The van der Waals surface area contributed by atoms with Crippen LogP contribution in [0.4, 0.5) is 0 Å². The Bertz CT molecular complexity index is 515. The predicted molar refractivity (Wildman–Crippen MR) is 72.3 cm³/mol. The molecule has 0 amide bonds. The molecule has 0 atom stereocenters. The van der Waals surface area contributed by atoms with Gasteiger partial charge >= 0.3 is 7.60 Å². The van der Waals surface area contributed by atoms with Gasteiger partial charge in [-0.1, -0.05) is 6.08 Å². The molecule has 19 heavy (non-hydrogen) atoms. The summed E-state index contributed by atoms with van der Waals surface area (Å²) >= 11 is 0. The van der Waals surface area contributed by atoms with E-state index in [1.807, 2.05) is 6.07 Å². The molecule has 0 aliphatic carbocycles. The molecule has 1 aromatic heterocycles. The number of nitriles is 1. The van der Waals surface area contributed by atoms with E-state index < -0.39 is 7.60 Å². The summed E-state index contributed by atoms with van der Waals surface area (Å²) in [6, 6.07) is 5.37. The highest BCUT2D eigenvalue weighted by atomic mass is 31.2. The van der Waals surface area contributed by atoms with Crippen LogP contribution in [0, 0.1) is 11.3 Å². The van der Waals surface area contributed by atoms with Crippen molar-refractivity contribution in [2.75, 3.05) is 13.2 Å². The average Bonchev–Trinajstić information content (AvgIpc) is 2.88. The highest BCUT2D eigenvalue weighted by Crippen LogP contribution is 2.55. The van der Waals surface area contributed by atoms with Crippen LogP contribution < -0.4 is 0 Å². The minimum absolute atomic E-state index is 0.0287. The second-order valence-corrected chi connectivity index (χ2v) is 5.36. The van der Waals surface area contributed by atoms with E-state index in [9.17, 15) is 4.57 Å². The first-order chi connectivity index (χ1) is 9.16. The van der Waals surface area contributed by atoms with Gasteiger partial charge in [-0.05, 0) is 38.1 Å². The van der Waals surface area contributed by atoms with Crippen LogP contribution in [0.3, 0.4) is 0 Å². The standard InChI is InChI=1S/C13H16NO4P/c1-3-17-19(15,18-4-2)13(11-14)9-5-7-12-8-6-10-16-12/h5-10H,3-4H2,1-2H3/b7-5-,13-9+. The van der Waals surface area contributed by atoms with Crippen LogP contribution in [-0.2, 0) is 13.6 Å². The molecule has 0 saturated carbocycles. The Hall–Kier alpha value is -1.60. The number of nitrogens with zero attached hydrogens (tertiary/aromatic N) is 1. The summed E-state index contributed by atoms with van der Waals surface area (Å²) in [7, 11) is -3.52. The van der Waals surface area contributed by atoms with Gasteiger partial charge in [0.05, 0.1) is 19.5 Å². The van der Waals surface area contributed by atoms with Gasteiger partial charge in [-0.3, -0.25) is 4.57 Å². The fourth-order valence-electron chi connectivity index (χ4n) is 1.33. The molecule has 1 heterocycles. The maximum atomic E-state index is 12.3. The summed E-state index contributed by atoms with van der Waals surface area (Å²) in [6.45, 7) is 3.80. The van der Waals surface area contributed by atoms with Crippen molar-refractivity contribution in [3.05, 3.63) is 41.6 Å². The molecule has 0 fully saturated rings. The highest BCUT2D eigenvalue weighted by Gasteiger charge is 2.29. The van der Waals surface area contributed by atoms with Crippen LogP contribution >= 0.6 is 7.60 Å². The van der Waals surface area contributed by atoms with E-state index in [0.29, 0.717) is 5.76 Å². The third-order valence-electron chi connectivity index (χ3n) is 2.07. The van der Waals surface area contributed by atoms with Crippen molar-refractivity contribution in [2.24, 2.45) is 0 Å². The topological polar surface area (TPSA) is 72.5 Å². The Morgan fingerprint density at radius 1 is 1.47 bits per heavy atom. The number of hydrogen-bond donors (Lipinski definition) is 0. The van der Waals surface area contributed by atoms with E-state index in [0.717, 1.165) is 0 Å². The fourth-order valence-corrected chi connectivity index (χ4v) is 2.75. The molecular formula is C13H16NO4P. The van der Waals surface area contributed by atoms with Crippen LogP contribution in [-0.4, -0.2) is 13.2 Å². The zero-order valence-corrected chi connectivity index (χ0v) is 11.8. The largest absolute Gasteiger partial charge is 0.465 e.